The minimum Gasteiger partial charge on any atom is -0.464 e. The molecule has 1 amide bonds. The summed E-state index contributed by atoms with van der Waals surface area (Å²) in [7, 11) is 0. The Hall–Kier alpha value is -0.390. The maximum atomic E-state index is 11.9. The van der Waals surface area contributed by atoms with Gasteiger partial charge in [-0.15, -0.1) is 0 Å². The zero-order valence-electron chi connectivity index (χ0n) is 11.2. The summed E-state index contributed by atoms with van der Waals surface area (Å²) in [5.41, 5.74) is 0. The van der Waals surface area contributed by atoms with E-state index in [1.165, 1.54) is 4.90 Å². The van der Waals surface area contributed by atoms with Crippen molar-refractivity contribution in [2.24, 2.45) is 0 Å². The number of rotatable bonds is 5. The van der Waals surface area contributed by atoms with Crippen molar-refractivity contribution in [1.82, 2.24) is 4.90 Å². The van der Waals surface area contributed by atoms with Crippen LogP contribution >= 0.6 is 34.8 Å². The van der Waals surface area contributed by atoms with Crippen molar-refractivity contribution >= 4 is 46.9 Å². The third-order valence-electron chi connectivity index (χ3n) is 2.86. The number of carbonyl (C=O) groups is 2. The molecule has 1 aliphatic heterocycles. The highest BCUT2D eigenvalue weighted by Gasteiger charge is 2.37. The summed E-state index contributed by atoms with van der Waals surface area (Å²) >= 11 is 16.5. The molecule has 1 heterocycles. The van der Waals surface area contributed by atoms with Gasteiger partial charge in [0.2, 0.25) is 3.79 Å². The fourth-order valence-corrected chi connectivity index (χ4v) is 2.03. The molecule has 0 bridgehead atoms. The number of alkyl halides is 3. The summed E-state index contributed by atoms with van der Waals surface area (Å²) < 4.78 is 8.35. The first kappa shape index (κ1) is 17.7. The van der Waals surface area contributed by atoms with Gasteiger partial charge >= 0.3 is 12.1 Å². The van der Waals surface area contributed by atoms with Crippen LogP contribution in [-0.2, 0) is 14.3 Å². The van der Waals surface area contributed by atoms with Crippen LogP contribution in [0.2, 0.25) is 0 Å². The topological polar surface area (TPSA) is 55.8 Å². The lowest BCUT2D eigenvalue weighted by molar-refractivity contribution is -0.148. The number of ether oxygens (including phenoxy) is 2. The van der Waals surface area contributed by atoms with Crippen LogP contribution in [0.5, 0.6) is 0 Å². The van der Waals surface area contributed by atoms with Crippen molar-refractivity contribution in [3.05, 3.63) is 0 Å². The quantitative estimate of drug-likeness (QED) is 0.435. The zero-order chi connectivity index (χ0) is 15.2. The Morgan fingerprint density at radius 1 is 1.30 bits per heavy atom. The molecule has 0 saturated carbocycles. The van der Waals surface area contributed by atoms with Gasteiger partial charge in [-0.25, -0.2) is 9.59 Å². The molecule has 0 aromatic carbocycles. The molecule has 0 N–H and O–H groups in total. The van der Waals surface area contributed by atoms with Crippen molar-refractivity contribution in [3.8, 4) is 0 Å². The number of unbranched alkanes of at least 4 members (excludes halogenated alkanes) is 1. The summed E-state index contributed by atoms with van der Waals surface area (Å²) in [5.74, 6) is -0.401. The van der Waals surface area contributed by atoms with Crippen molar-refractivity contribution < 1.29 is 19.1 Å². The smallest absolute Gasteiger partial charge is 0.410 e. The van der Waals surface area contributed by atoms with E-state index in [1.807, 2.05) is 6.92 Å². The maximum Gasteiger partial charge on any atom is 0.410 e. The lowest BCUT2D eigenvalue weighted by Gasteiger charge is -2.23. The largest absolute Gasteiger partial charge is 0.464 e. The maximum absolute atomic E-state index is 11.9. The van der Waals surface area contributed by atoms with E-state index in [4.69, 9.17) is 44.3 Å². The number of carbonyl (C=O) groups excluding carboxylic acids is 2. The van der Waals surface area contributed by atoms with Crippen LogP contribution in [0.15, 0.2) is 0 Å². The van der Waals surface area contributed by atoms with Crippen molar-refractivity contribution in [2.45, 2.75) is 42.4 Å². The normalized spacial score (nSPS) is 19.0. The lowest BCUT2D eigenvalue weighted by atomic mass is 10.2. The molecular formula is C12H18Cl3NO4. The van der Waals surface area contributed by atoms with Gasteiger partial charge in [-0.05, 0) is 19.3 Å². The molecule has 0 spiro atoms. The Morgan fingerprint density at radius 2 is 2.00 bits per heavy atom. The van der Waals surface area contributed by atoms with E-state index in [0.29, 0.717) is 19.6 Å². The van der Waals surface area contributed by atoms with Gasteiger partial charge in [0.05, 0.1) is 6.61 Å². The van der Waals surface area contributed by atoms with Gasteiger partial charge in [0.1, 0.15) is 12.6 Å². The Labute approximate surface area is 133 Å². The first-order valence-electron chi connectivity index (χ1n) is 6.52. The summed E-state index contributed by atoms with van der Waals surface area (Å²) in [4.78, 5) is 25.1. The molecule has 0 unspecified atom stereocenters. The molecule has 0 radical (unpaired) electrons. The number of halogens is 3. The Morgan fingerprint density at radius 3 is 2.60 bits per heavy atom. The second kappa shape index (κ2) is 8.15. The van der Waals surface area contributed by atoms with Gasteiger partial charge in [-0.2, -0.15) is 0 Å². The molecule has 8 heteroatoms. The van der Waals surface area contributed by atoms with Crippen LogP contribution in [-0.4, -0.2) is 46.6 Å². The highest BCUT2D eigenvalue weighted by Crippen LogP contribution is 2.27. The van der Waals surface area contributed by atoms with Crippen LogP contribution in [0.3, 0.4) is 0 Å². The average Bonchev–Trinajstić information content (AvgIpc) is 2.84. The molecule has 0 aromatic heterocycles. The van der Waals surface area contributed by atoms with Crippen LogP contribution in [0.1, 0.15) is 32.6 Å². The fourth-order valence-electron chi connectivity index (χ4n) is 1.87. The van der Waals surface area contributed by atoms with Crippen LogP contribution in [0, 0.1) is 0 Å². The molecule has 1 saturated heterocycles. The molecule has 1 atom stereocenters. The predicted octanol–water partition coefficient (Wildman–Crippen LogP) is 3.30. The van der Waals surface area contributed by atoms with E-state index in [9.17, 15) is 9.59 Å². The van der Waals surface area contributed by atoms with E-state index in [0.717, 1.165) is 19.3 Å². The van der Waals surface area contributed by atoms with Gasteiger partial charge in [0.25, 0.3) is 0 Å². The average molecular weight is 347 g/mol. The van der Waals surface area contributed by atoms with Gasteiger partial charge in [0, 0.05) is 6.54 Å². The first-order chi connectivity index (χ1) is 9.35. The van der Waals surface area contributed by atoms with E-state index in [-0.39, 0.29) is 6.61 Å². The molecule has 0 aromatic rings. The summed E-state index contributed by atoms with van der Waals surface area (Å²) in [5, 5.41) is 0. The molecule has 5 nitrogen and oxygen atoms in total. The highest BCUT2D eigenvalue weighted by molar-refractivity contribution is 6.67. The van der Waals surface area contributed by atoms with Crippen LogP contribution in [0.4, 0.5) is 4.79 Å². The number of hydrogen-bond donors (Lipinski definition) is 0. The fraction of sp³-hybridized carbons (Fsp3) is 0.833. The van der Waals surface area contributed by atoms with Crippen molar-refractivity contribution in [2.75, 3.05) is 19.8 Å². The second-order valence-corrected chi connectivity index (χ2v) is 7.06. The molecule has 20 heavy (non-hydrogen) atoms. The van der Waals surface area contributed by atoms with E-state index in [2.05, 4.69) is 0 Å². The molecular weight excluding hydrogens is 328 g/mol. The van der Waals surface area contributed by atoms with Gasteiger partial charge in [-0.3, -0.25) is 4.90 Å². The van der Waals surface area contributed by atoms with Gasteiger partial charge in [0.15, 0.2) is 0 Å². The highest BCUT2D eigenvalue weighted by atomic mass is 35.6. The molecule has 1 rings (SSSR count). The predicted molar refractivity (Wildman–Crippen MR) is 77.2 cm³/mol. The summed E-state index contributed by atoms with van der Waals surface area (Å²) in [6, 6.07) is -0.602. The number of amides is 1. The van der Waals surface area contributed by atoms with Gasteiger partial charge < -0.3 is 9.47 Å². The Kier molecular flexibility index (Phi) is 7.20. The Balaban J connectivity index is 2.47. The number of hydrogen-bond acceptors (Lipinski definition) is 4. The molecule has 116 valence electrons. The summed E-state index contributed by atoms with van der Waals surface area (Å²) in [6.07, 6.45) is 2.36. The summed E-state index contributed by atoms with van der Waals surface area (Å²) in [6.45, 7) is 2.45. The minimum absolute atomic E-state index is 0.357. The minimum atomic E-state index is -1.66. The van der Waals surface area contributed by atoms with Crippen molar-refractivity contribution in [1.29, 1.82) is 0 Å². The first-order valence-corrected chi connectivity index (χ1v) is 7.65. The standard InChI is InChI=1S/C12H18Cl3NO4/c1-2-3-7-19-10(17)9-5-4-6-16(9)11(18)20-8-12(13,14)15/h9H,2-8H2,1H3/t9-/m0/s1. The van der Waals surface area contributed by atoms with E-state index in [1.54, 1.807) is 0 Å². The number of nitrogens with zero attached hydrogens (tertiary/aromatic N) is 1. The van der Waals surface area contributed by atoms with Crippen LogP contribution < -0.4 is 0 Å². The van der Waals surface area contributed by atoms with E-state index >= 15 is 0 Å². The van der Waals surface area contributed by atoms with Crippen LogP contribution in [0.25, 0.3) is 0 Å². The monoisotopic (exact) mass is 345 g/mol. The molecule has 0 aliphatic carbocycles. The third kappa shape index (κ3) is 5.94. The number of likely N-dealkylation sites (tertiary alicyclic amines) is 1. The van der Waals surface area contributed by atoms with Crippen molar-refractivity contribution in [3.63, 3.8) is 0 Å². The molecule has 1 aliphatic rings. The lowest BCUT2D eigenvalue weighted by Crippen LogP contribution is -2.42. The third-order valence-corrected chi connectivity index (χ3v) is 3.19. The zero-order valence-corrected chi connectivity index (χ0v) is 13.5. The number of esters is 1. The molecule has 1 fully saturated rings. The Bertz CT molecular complexity index is 346. The second-order valence-electron chi connectivity index (χ2n) is 4.54. The SMILES string of the molecule is CCCCOC(=O)[C@@H]1CCCN1C(=O)OCC(Cl)(Cl)Cl. The van der Waals surface area contributed by atoms with Gasteiger partial charge in [-0.1, -0.05) is 48.1 Å². The van der Waals surface area contributed by atoms with E-state index < -0.39 is 21.9 Å².